The number of aromatic nitrogens is 1. The molecule has 1 aromatic heterocycles. The van der Waals surface area contributed by atoms with Crippen molar-refractivity contribution in [1.29, 1.82) is 0 Å². The van der Waals surface area contributed by atoms with Crippen molar-refractivity contribution in [2.45, 2.75) is 38.6 Å². The summed E-state index contributed by atoms with van der Waals surface area (Å²) in [5, 5.41) is 4.35. The number of amides is 1. The maximum absolute atomic E-state index is 12.4. The highest BCUT2D eigenvalue weighted by atomic mass is 16.1. The van der Waals surface area contributed by atoms with E-state index < -0.39 is 0 Å². The summed E-state index contributed by atoms with van der Waals surface area (Å²) in [4.78, 5) is 15.7. The van der Waals surface area contributed by atoms with Crippen molar-refractivity contribution >= 4 is 16.8 Å². The van der Waals surface area contributed by atoms with Gasteiger partial charge in [0, 0.05) is 16.9 Å². The van der Waals surface area contributed by atoms with Crippen LogP contribution in [-0.2, 0) is 0 Å². The summed E-state index contributed by atoms with van der Waals surface area (Å²) in [5.74, 6) is 1.63. The van der Waals surface area contributed by atoms with E-state index >= 15 is 0 Å². The molecule has 1 heterocycles. The number of hydrogen-bond acceptors (Lipinski definition) is 1. The maximum atomic E-state index is 12.4. The SMILES string of the molecule is Cc1cccc2cc(C(=O)NC3C[C@@H]4CC[C@H]3C4)[nH]c12. The predicted molar refractivity (Wildman–Crippen MR) is 79.7 cm³/mol. The smallest absolute Gasteiger partial charge is 0.267 e. The lowest BCUT2D eigenvalue weighted by atomic mass is 9.95. The van der Waals surface area contributed by atoms with Gasteiger partial charge < -0.3 is 10.3 Å². The lowest BCUT2D eigenvalue weighted by Gasteiger charge is -2.22. The van der Waals surface area contributed by atoms with Gasteiger partial charge in [0.15, 0.2) is 0 Å². The van der Waals surface area contributed by atoms with Crippen LogP contribution in [0.5, 0.6) is 0 Å². The predicted octanol–water partition coefficient (Wildman–Crippen LogP) is 3.39. The van der Waals surface area contributed by atoms with Crippen LogP contribution in [0.3, 0.4) is 0 Å². The van der Waals surface area contributed by atoms with Crippen molar-refractivity contribution in [3.8, 4) is 0 Å². The van der Waals surface area contributed by atoms with Gasteiger partial charge in [0.2, 0.25) is 0 Å². The molecule has 0 aliphatic heterocycles. The maximum Gasteiger partial charge on any atom is 0.267 e. The van der Waals surface area contributed by atoms with E-state index in [1.165, 1.54) is 31.2 Å². The molecule has 0 radical (unpaired) electrons. The van der Waals surface area contributed by atoms with E-state index in [-0.39, 0.29) is 5.91 Å². The standard InChI is InChI=1S/C17H20N2O/c1-10-3-2-4-13-9-15(18-16(10)13)17(20)19-14-8-11-5-6-12(14)7-11/h2-4,9,11-12,14,18H,5-8H2,1H3,(H,19,20)/t11-,12+,14?/m1/s1. The van der Waals surface area contributed by atoms with Gasteiger partial charge in [-0.1, -0.05) is 24.6 Å². The van der Waals surface area contributed by atoms with E-state index in [9.17, 15) is 4.79 Å². The van der Waals surface area contributed by atoms with E-state index in [2.05, 4.69) is 23.3 Å². The van der Waals surface area contributed by atoms with Gasteiger partial charge in [0.05, 0.1) is 0 Å². The van der Waals surface area contributed by atoms with Crippen LogP contribution in [0.1, 0.15) is 41.7 Å². The van der Waals surface area contributed by atoms with Crippen molar-refractivity contribution in [2.24, 2.45) is 11.8 Å². The molecule has 1 aromatic carbocycles. The second-order valence-corrected chi connectivity index (χ2v) is 6.48. The number of aryl methyl sites for hydroxylation is 1. The molecule has 3 atom stereocenters. The van der Waals surface area contributed by atoms with E-state index in [0.29, 0.717) is 11.7 Å². The van der Waals surface area contributed by atoms with Gasteiger partial charge in [-0.05, 0) is 49.7 Å². The van der Waals surface area contributed by atoms with Crippen LogP contribution in [0, 0.1) is 18.8 Å². The first kappa shape index (κ1) is 12.0. The average molecular weight is 268 g/mol. The summed E-state index contributed by atoms with van der Waals surface area (Å²) in [6.45, 7) is 2.07. The number of rotatable bonds is 2. The van der Waals surface area contributed by atoms with Gasteiger partial charge in [0.1, 0.15) is 5.69 Å². The third kappa shape index (κ3) is 1.84. The first-order chi connectivity index (χ1) is 9.70. The molecule has 2 fully saturated rings. The summed E-state index contributed by atoms with van der Waals surface area (Å²) in [5.41, 5.74) is 2.95. The molecule has 2 N–H and O–H groups in total. The van der Waals surface area contributed by atoms with Crippen molar-refractivity contribution in [2.75, 3.05) is 0 Å². The van der Waals surface area contributed by atoms with E-state index in [0.717, 1.165) is 22.7 Å². The fourth-order valence-corrected chi connectivity index (χ4v) is 4.10. The van der Waals surface area contributed by atoms with E-state index in [1.54, 1.807) is 0 Å². The zero-order valence-electron chi connectivity index (χ0n) is 11.8. The van der Waals surface area contributed by atoms with Crippen molar-refractivity contribution in [1.82, 2.24) is 10.3 Å². The molecular formula is C17H20N2O. The number of H-pyrrole nitrogens is 1. The number of carbonyl (C=O) groups is 1. The number of aromatic amines is 1. The first-order valence-corrected chi connectivity index (χ1v) is 7.60. The van der Waals surface area contributed by atoms with Gasteiger partial charge in [-0.15, -0.1) is 0 Å². The van der Waals surface area contributed by atoms with Crippen LogP contribution < -0.4 is 5.32 Å². The Morgan fingerprint density at radius 3 is 2.90 bits per heavy atom. The number of para-hydroxylation sites is 1. The van der Waals surface area contributed by atoms with Crippen molar-refractivity contribution in [3.63, 3.8) is 0 Å². The minimum Gasteiger partial charge on any atom is -0.350 e. The van der Waals surface area contributed by atoms with Crippen molar-refractivity contribution < 1.29 is 4.79 Å². The molecule has 0 saturated heterocycles. The molecule has 20 heavy (non-hydrogen) atoms. The largest absolute Gasteiger partial charge is 0.350 e. The zero-order chi connectivity index (χ0) is 13.7. The lowest BCUT2D eigenvalue weighted by molar-refractivity contribution is 0.0918. The molecular weight excluding hydrogens is 248 g/mol. The zero-order valence-corrected chi connectivity index (χ0v) is 11.8. The van der Waals surface area contributed by atoms with Gasteiger partial charge in [-0.25, -0.2) is 0 Å². The molecule has 2 aromatic rings. The topological polar surface area (TPSA) is 44.9 Å². The molecule has 1 amide bonds. The second-order valence-electron chi connectivity index (χ2n) is 6.48. The Bertz CT molecular complexity index is 673. The van der Waals surface area contributed by atoms with Gasteiger partial charge in [-0.2, -0.15) is 0 Å². The Labute approximate surface area is 118 Å². The minimum absolute atomic E-state index is 0.0538. The molecule has 2 saturated carbocycles. The molecule has 2 aliphatic rings. The normalized spacial score (nSPS) is 28.1. The third-order valence-corrected chi connectivity index (χ3v) is 5.16. The van der Waals surface area contributed by atoms with Gasteiger partial charge in [0.25, 0.3) is 5.91 Å². The van der Waals surface area contributed by atoms with Crippen LogP contribution in [0.2, 0.25) is 0 Å². The highest BCUT2D eigenvalue weighted by Gasteiger charge is 2.40. The molecule has 2 aliphatic carbocycles. The molecule has 0 spiro atoms. The average Bonchev–Trinajstić information content (AvgIpc) is 3.12. The summed E-state index contributed by atoms with van der Waals surface area (Å²) < 4.78 is 0. The molecule has 3 nitrogen and oxygen atoms in total. The Balaban J connectivity index is 1.56. The molecule has 4 rings (SSSR count). The fraction of sp³-hybridized carbons (Fsp3) is 0.471. The quantitative estimate of drug-likeness (QED) is 0.861. The summed E-state index contributed by atoms with van der Waals surface area (Å²) in [6, 6.07) is 8.51. The highest BCUT2D eigenvalue weighted by molar-refractivity contribution is 5.98. The van der Waals surface area contributed by atoms with Crippen LogP contribution in [-0.4, -0.2) is 16.9 Å². The minimum atomic E-state index is 0.0538. The molecule has 1 unspecified atom stereocenters. The van der Waals surface area contributed by atoms with Gasteiger partial charge in [-0.3, -0.25) is 4.79 Å². The summed E-state index contributed by atoms with van der Waals surface area (Å²) >= 11 is 0. The number of benzene rings is 1. The third-order valence-electron chi connectivity index (χ3n) is 5.16. The Morgan fingerprint density at radius 1 is 1.30 bits per heavy atom. The monoisotopic (exact) mass is 268 g/mol. The first-order valence-electron chi connectivity index (χ1n) is 7.60. The van der Waals surface area contributed by atoms with Crippen LogP contribution in [0.25, 0.3) is 10.9 Å². The Morgan fingerprint density at radius 2 is 2.20 bits per heavy atom. The van der Waals surface area contributed by atoms with Crippen LogP contribution in [0.15, 0.2) is 24.3 Å². The summed E-state index contributed by atoms with van der Waals surface area (Å²) in [7, 11) is 0. The molecule has 2 bridgehead atoms. The number of carbonyl (C=O) groups excluding carboxylic acids is 1. The second kappa shape index (κ2) is 4.37. The number of nitrogens with one attached hydrogen (secondary N) is 2. The number of fused-ring (bicyclic) bond motifs is 3. The van der Waals surface area contributed by atoms with Crippen LogP contribution in [0.4, 0.5) is 0 Å². The summed E-state index contributed by atoms with van der Waals surface area (Å²) in [6.07, 6.45) is 5.15. The van der Waals surface area contributed by atoms with Gasteiger partial charge >= 0.3 is 0 Å². The molecule has 104 valence electrons. The molecule has 3 heteroatoms. The Hall–Kier alpha value is -1.77. The van der Waals surface area contributed by atoms with Crippen molar-refractivity contribution in [3.05, 3.63) is 35.5 Å². The van der Waals surface area contributed by atoms with E-state index in [1.807, 2.05) is 18.2 Å². The fourth-order valence-electron chi connectivity index (χ4n) is 4.10. The van der Waals surface area contributed by atoms with Crippen LogP contribution >= 0.6 is 0 Å². The Kier molecular flexibility index (Phi) is 2.62. The highest BCUT2D eigenvalue weighted by Crippen LogP contribution is 2.44. The number of hydrogen-bond donors (Lipinski definition) is 2. The lowest BCUT2D eigenvalue weighted by Crippen LogP contribution is -2.38. The van der Waals surface area contributed by atoms with E-state index in [4.69, 9.17) is 0 Å².